The SMILES string of the molecule is CN1CCC(n2c(CO)c[nH]c2=S)C1. The highest BCUT2D eigenvalue weighted by Gasteiger charge is 2.23. The number of aliphatic hydroxyl groups is 1. The van der Waals surface area contributed by atoms with Crippen molar-refractivity contribution in [2.75, 3.05) is 20.1 Å². The van der Waals surface area contributed by atoms with Gasteiger partial charge in [0.2, 0.25) is 0 Å². The third-order valence-electron chi connectivity index (χ3n) is 2.78. The summed E-state index contributed by atoms with van der Waals surface area (Å²) >= 11 is 5.19. The first kappa shape index (κ1) is 9.89. The molecule has 1 aliphatic rings. The molecule has 78 valence electrons. The van der Waals surface area contributed by atoms with Crippen LogP contribution in [-0.4, -0.2) is 39.7 Å². The topological polar surface area (TPSA) is 44.2 Å². The first-order chi connectivity index (χ1) is 6.72. The molecule has 0 spiro atoms. The van der Waals surface area contributed by atoms with Gasteiger partial charge in [0, 0.05) is 12.7 Å². The molecule has 1 unspecified atom stereocenters. The summed E-state index contributed by atoms with van der Waals surface area (Å²) in [6, 6.07) is 0.417. The average Bonchev–Trinajstić information content (AvgIpc) is 2.71. The van der Waals surface area contributed by atoms with E-state index in [4.69, 9.17) is 17.3 Å². The van der Waals surface area contributed by atoms with E-state index in [2.05, 4.69) is 16.9 Å². The molecular formula is C9H15N3OS. The molecule has 14 heavy (non-hydrogen) atoms. The molecule has 0 amide bonds. The Morgan fingerprint density at radius 2 is 2.50 bits per heavy atom. The van der Waals surface area contributed by atoms with Gasteiger partial charge in [-0.2, -0.15) is 0 Å². The summed E-state index contributed by atoms with van der Waals surface area (Å²) in [6.45, 7) is 2.16. The molecule has 1 fully saturated rings. The lowest BCUT2D eigenvalue weighted by Gasteiger charge is -2.14. The van der Waals surface area contributed by atoms with Gasteiger partial charge in [0.25, 0.3) is 0 Å². The lowest BCUT2D eigenvalue weighted by molar-refractivity contribution is 0.265. The fourth-order valence-electron chi connectivity index (χ4n) is 2.06. The Morgan fingerprint density at radius 1 is 1.71 bits per heavy atom. The number of hydrogen-bond donors (Lipinski definition) is 2. The average molecular weight is 213 g/mol. The van der Waals surface area contributed by atoms with Gasteiger partial charge in [-0.3, -0.25) is 0 Å². The number of hydrogen-bond acceptors (Lipinski definition) is 3. The van der Waals surface area contributed by atoms with Gasteiger partial charge >= 0.3 is 0 Å². The third-order valence-corrected chi connectivity index (χ3v) is 3.10. The zero-order chi connectivity index (χ0) is 10.1. The monoisotopic (exact) mass is 213 g/mol. The number of nitrogens with zero attached hydrogens (tertiary/aromatic N) is 2. The normalized spacial score (nSPS) is 23.1. The number of aromatic amines is 1. The van der Waals surface area contributed by atoms with Crippen molar-refractivity contribution in [3.63, 3.8) is 0 Å². The van der Waals surface area contributed by atoms with Gasteiger partial charge < -0.3 is 19.6 Å². The first-order valence-corrected chi connectivity index (χ1v) is 5.21. The molecule has 4 nitrogen and oxygen atoms in total. The lowest BCUT2D eigenvalue weighted by atomic mass is 10.2. The van der Waals surface area contributed by atoms with E-state index in [1.807, 2.05) is 4.57 Å². The zero-order valence-corrected chi connectivity index (χ0v) is 9.05. The summed E-state index contributed by atoms with van der Waals surface area (Å²) in [5.74, 6) is 0. The van der Waals surface area contributed by atoms with Crippen LogP contribution in [-0.2, 0) is 6.61 Å². The predicted octanol–water partition coefficient (Wildman–Crippen LogP) is 0.915. The van der Waals surface area contributed by atoms with Crippen molar-refractivity contribution >= 4 is 12.2 Å². The fraction of sp³-hybridized carbons (Fsp3) is 0.667. The molecule has 0 saturated carbocycles. The van der Waals surface area contributed by atoms with Crippen molar-refractivity contribution in [2.24, 2.45) is 0 Å². The van der Waals surface area contributed by atoms with E-state index in [0.29, 0.717) is 10.8 Å². The Morgan fingerprint density at radius 3 is 3.07 bits per heavy atom. The Kier molecular flexibility index (Phi) is 2.71. The molecule has 2 heterocycles. The minimum atomic E-state index is 0.0490. The molecule has 1 atom stereocenters. The number of imidazole rings is 1. The van der Waals surface area contributed by atoms with Crippen molar-refractivity contribution < 1.29 is 5.11 Å². The summed E-state index contributed by atoms with van der Waals surface area (Å²) < 4.78 is 2.76. The Balaban J connectivity index is 2.30. The van der Waals surface area contributed by atoms with Crippen LogP contribution in [0.15, 0.2) is 6.20 Å². The molecule has 1 aromatic heterocycles. The van der Waals surface area contributed by atoms with E-state index in [0.717, 1.165) is 25.2 Å². The summed E-state index contributed by atoms with van der Waals surface area (Å²) in [5, 5.41) is 9.16. The highest BCUT2D eigenvalue weighted by atomic mass is 32.1. The minimum absolute atomic E-state index is 0.0490. The van der Waals surface area contributed by atoms with Crippen LogP contribution >= 0.6 is 12.2 Å². The van der Waals surface area contributed by atoms with Crippen LogP contribution in [0.1, 0.15) is 18.2 Å². The van der Waals surface area contributed by atoms with Crippen molar-refractivity contribution in [1.82, 2.24) is 14.5 Å². The van der Waals surface area contributed by atoms with Gasteiger partial charge in [0.15, 0.2) is 4.77 Å². The molecule has 1 aliphatic heterocycles. The number of aliphatic hydroxyl groups excluding tert-OH is 1. The van der Waals surface area contributed by atoms with Gasteiger partial charge in [0.05, 0.1) is 18.3 Å². The molecule has 5 heteroatoms. The molecule has 2 rings (SSSR count). The van der Waals surface area contributed by atoms with Crippen LogP contribution in [0.2, 0.25) is 0 Å². The Labute approximate surface area is 88.2 Å². The molecule has 1 aromatic rings. The van der Waals surface area contributed by atoms with E-state index < -0.39 is 0 Å². The Bertz CT molecular complexity index is 370. The first-order valence-electron chi connectivity index (χ1n) is 4.80. The maximum atomic E-state index is 9.16. The zero-order valence-electron chi connectivity index (χ0n) is 8.23. The lowest BCUT2D eigenvalue weighted by Crippen LogP contribution is -2.17. The van der Waals surface area contributed by atoms with E-state index >= 15 is 0 Å². The van der Waals surface area contributed by atoms with Crippen molar-refractivity contribution in [2.45, 2.75) is 19.1 Å². The van der Waals surface area contributed by atoms with Crippen LogP contribution in [0.4, 0.5) is 0 Å². The number of likely N-dealkylation sites (tertiary alicyclic amines) is 1. The number of likely N-dealkylation sites (N-methyl/N-ethyl adjacent to an activating group) is 1. The number of nitrogens with one attached hydrogen (secondary N) is 1. The highest BCUT2D eigenvalue weighted by Crippen LogP contribution is 2.22. The van der Waals surface area contributed by atoms with Crippen LogP contribution in [0.5, 0.6) is 0 Å². The molecule has 0 bridgehead atoms. The summed E-state index contributed by atoms with van der Waals surface area (Å²) in [4.78, 5) is 5.26. The molecule has 0 aliphatic carbocycles. The van der Waals surface area contributed by atoms with Crippen molar-refractivity contribution in [3.05, 3.63) is 16.7 Å². The van der Waals surface area contributed by atoms with Crippen molar-refractivity contribution in [3.8, 4) is 0 Å². The van der Waals surface area contributed by atoms with Crippen LogP contribution < -0.4 is 0 Å². The second kappa shape index (κ2) is 3.84. The third kappa shape index (κ3) is 1.63. The van der Waals surface area contributed by atoms with E-state index in [9.17, 15) is 0 Å². The number of aromatic nitrogens is 2. The van der Waals surface area contributed by atoms with Crippen LogP contribution in [0, 0.1) is 4.77 Å². The number of H-pyrrole nitrogens is 1. The van der Waals surface area contributed by atoms with Gasteiger partial charge in [-0.1, -0.05) is 0 Å². The quantitative estimate of drug-likeness (QED) is 0.718. The summed E-state index contributed by atoms with van der Waals surface area (Å²) in [5.41, 5.74) is 0.885. The van der Waals surface area contributed by atoms with E-state index in [1.54, 1.807) is 6.20 Å². The van der Waals surface area contributed by atoms with Gasteiger partial charge in [-0.25, -0.2) is 0 Å². The van der Waals surface area contributed by atoms with Crippen LogP contribution in [0.25, 0.3) is 0 Å². The standard InChI is InChI=1S/C9H15N3OS/c1-11-3-2-7(5-11)12-8(6-13)4-10-9(12)14/h4,7,13H,2-3,5-6H2,1H3,(H,10,14). The fourth-order valence-corrected chi connectivity index (χ4v) is 2.38. The van der Waals surface area contributed by atoms with E-state index in [-0.39, 0.29) is 6.61 Å². The predicted molar refractivity (Wildman–Crippen MR) is 56.7 cm³/mol. The summed E-state index contributed by atoms with van der Waals surface area (Å²) in [6.07, 6.45) is 2.90. The molecule has 1 saturated heterocycles. The maximum Gasteiger partial charge on any atom is 0.177 e. The molecule has 0 radical (unpaired) electrons. The smallest absolute Gasteiger partial charge is 0.177 e. The van der Waals surface area contributed by atoms with Gasteiger partial charge in [-0.05, 0) is 32.2 Å². The van der Waals surface area contributed by atoms with E-state index in [1.165, 1.54) is 0 Å². The van der Waals surface area contributed by atoms with Gasteiger partial charge in [-0.15, -0.1) is 0 Å². The highest BCUT2D eigenvalue weighted by molar-refractivity contribution is 7.71. The van der Waals surface area contributed by atoms with Crippen molar-refractivity contribution in [1.29, 1.82) is 0 Å². The Hall–Kier alpha value is -0.650. The van der Waals surface area contributed by atoms with Crippen LogP contribution in [0.3, 0.4) is 0 Å². The minimum Gasteiger partial charge on any atom is -0.390 e. The maximum absolute atomic E-state index is 9.16. The second-order valence-electron chi connectivity index (χ2n) is 3.82. The van der Waals surface area contributed by atoms with Gasteiger partial charge in [0.1, 0.15) is 0 Å². The molecule has 0 aromatic carbocycles. The number of rotatable bonds is 2. The molecule has 2 N–H and O–H groups in total. The molecular weight excluding hydrogens is 198 g/mol. The summed E-state index contributed by atoms with van der Waals surface area (Å²) in [7, 11) is 2.11. The second-order valence-corrected chi connectivity index (χ2v) is 4.20. The largest absolute Gasteiger partial charge is 0.390 e.